The molecule has 9 heteroatoms. The summed E-state index contributed by atoms with van der Waals surface area (Å²) >= 11 is 1.34. The van der Waals surface area contributed by atoms with Crippen LogP contribution in [0.5, 0.6) is 0 Å². The van der Waals surface area contributed by atoms with Crippen LogP contribution >= 0.6 is 11.3 Å². The smallest absolute Gasteiger partial charge is 0.270 e. The summed E-state index contributed by atoms with van der Waals surface area (Å²) in [5, 5.41) is 17.6. The van der Waals surface area contributed by atoms with Gasteiger partial charge in [0.2, 0.25) is 5.91 Å². The molecule has 1 aliphatic rings. The average molecular weight is 429 g/mol. The van der Waals surface area contributed by atoms with Gasteiger partial charge in [0.05, 0.1) is 10.5 Å². The van der Waals surface area contributed by atoms with Gasteiger partial charge < -0.3 is 16.4 Å². The number of anilines is 1. The van der Waals surface area contributed by atoms with E-state index in [1.165, 1.54) is 35.6 Å². The zero-order chi connectivity index (χ0) is 22.3. The van der Waals surface area contributed by atoms with Gasteiger partial charge in [-0.05, 0) is 51.3 Å². The zero-order valence-electron chi connectivity index (χ0n) is 17.2. The molecule has 0 radical (unpaired) electrons. The number of nitrogens with one attached hydrogen (secondary N) is 2. The number of primary amides is 1. The maximum atomic E-state index is 12.5. The molecule has 1 aliphatic heterocycles. The number of amides is 2. The minimum Gasteiger partial charge on any atom is -0.365 e. The van der Waals surface area contributed by atoms with Crippen molar-refractivity contribution in [1.82, 2.24) is 5.32 Å². The highest BCUT2D eigenvalue weighted by Gasteiger charge is 2.41. The normalized spacial score (nSPS) is 16.8. The van der Waals surface area contributed by atoms with Crippen LogP contribution in [0.2, 0.25) is 0 Å². The lowest BCUT2D eigenvalue weighted by Crippen LogP contribution is -2.55. The van der Waals surface area contributed by atoms with Crippen molar-refractivity contribution in [1.29, 1.82) is 0 Å². The van der Waals surface area contributed by atoms with Crippen molar-refractivity contribution >= 4 is 39.9 Å². The highest BCUT2D eigenvalue weighted by Crippen LogP contribution is 2.44. The van der Waals surface area contributed by atoms with E-state index in [9.17, 15) is 19.7 Å². The van der Waals surface area contributed by atoms with Crippen LogP contribution in [0.25, 0.3) is 6.08 Å². The van der Waals surface area contributed by atoms with E-state index in [0.717, 1.165) is 10.4 Å². The summed E-state index contributed by atoms with van der Waals surface area (Å²) in [6, 6.07) is 5.96. The molecule has 1 aromatic heterocycles. The number of thiophene rings is 1. The highest BCUT2D eigenvalue weighted by atomic mass is 32.1. The number of rotatable bonds is 5. The summed E-state index contributed by atoms with van der Waals surface area (Å²) in [7, 11) is 0. The Labute approximate surface area is 178 Å². The second-order valence-electron chi connectivity index (χ2n) is 8.46. The van der Waals surface area contributed by atoms with Gasteiger partial charge in [-0.2, -0.15) is 0 Å². The quantitative estimate of drug-likeness (QED) is 0.381. The molecule has 0 aliphatic carbocycles. The van der Waals surface area contributed by atoms with E-state index < -0.39 is 16.7 Å². The van der Waals surface area contributed by atoms with Crippen LogP contribution in [-0.4, -0.2) is 22.3 Å². The average Bonchev–Trinajstić information content (AvgIpc) is 2.97. The summed E-state index contributed by atoms with van der Waals surface area (Å²) in [6.45, 7) is 8.17. The third-order valence-electron chi connectivity index (χ3n) is 4.84. The summed E-state index contributed by atoms with van der Waals surface area (Å²) in [5.41, 5.74) is 6.71. The van der Waals surface area contributed by atoms with Gasteiger partial charge in [-0.15, -0.1) is 11.3 Å². The minimum atomic E-state index is -0.584. The van der Waals surface area contributed by atoms with Crippen LogP contribution in [0, 0.1) is 10.1 Å². The van der Waals surface area contributed by atoms with Crippen LogP contribution in [0.1, 0.15) is 54.1 Å². The Morgan fingerprint density at radius 2 is 2.00 bits per heavy atom. The fourth-order valence-electron chi connectivity index (χ4n) is 3.94. The molecular weight excluding hydrogens is 404 g/mol. The van der Waals surface area contributed by atoms with Crippen LogP contribution in [0.15, 0.2) is 30.3 Å². The predicted molar refractivity (Wildman–Crippen MR) is 118 cm³/mol. The molecule has 0 bridgehead atoms. The molecule has 158 valence electrons. The van der Waals surface area contributed by atoms with Gasteiger partial charge in [-0.3, -0.25) is 19.7 Å². The lowest BCUT2D eigenvalue weighted by molar-refractivity contribution is -0.384. The Morgan fingerprint density at radius 1 is 1.30 bits per heavy atom. The molecule has 0 fully saturated rings. The first-order valence-electron chi connectivity index (χ1n) is 9.38. The van der Waals surface area contributed by atoms with Gasteiger partial charge in [-0.1, -0.05) is 12.1 Å². The van der Waals surface area contributed by atoms with Crippen molar-refractivity contribution in [2.45, 2.75) is 45.2 Å². The molecule has 30 heavy (non-hydrogen) atoms. The molecule has 2 amide bonds. The number of hydrogen-bond donors (Lipinski definition) is 3. The Hall–Kier alpha value is -3.04. The van der Waals surface area contributed by atoms with E-state index in [2.05, 4.69) is 24.5 Å². The number of nitro groups is 1. The molecule has 0 saturated carbocycles. The lowest BCUT2D eigenvalue weighted by atomic mass is 9.81. The minimum absolute atomic E-state index is 0.0585. The first-order valence-corrected chi connectivity index (χ1v) is 10.2. The maximum absolute atomic E-state index is 12.5. The van der Waals surface area contributed by atoms with E-state index >= 15 is 0 Å². The molecule has 1 aromatic carbocycles. The molecule has 0 atom stereocenters. The molecule has 2 aromatic rings. The SMILES string of the molecule is CC1(C)Cc2c(sc(NC(=O)/C=C/c3cccc([N+](=O)[O-])c3)c2C(N)=O)C(C)(C)N1. The van der Waals surface area contributed by atoms with Crippen LogP contribution < -0.4 is 16.4 Å². The van der Waals surface area contributed by atoms with Crippen molar-refractivity contribution in [2.75, 3.05) is 5.32 Å². The molecule has 4 N–H and O–H groups in total. The van der Waals surface area contributed by atoms with Gasteiger partial charge in [0.15, 0.2) is 0 Å². The standard InChI is InChI=1S/C21H24N4O4S/c1-20(2)11-14-16(18(22)27)19(30-17(14)21(3,4)24-20)23-15(26)9-8-12-6-5-7-13(10-12)25(28)29/h5-10,24H,11H2,1-4H3,(H2,22,27)(H,23,26)/b9-8+. The second-order valence-corrected chi connectivity index (χ2v) is 9.48. The number of nitrogens with zero attached hydrogens (tertiary/aromatic N) is 1. The number of hydrogen-bond acceptors (Lipinski definition) is 6. The molecule has 0 saturated heterocycles. The van der Waals surface area contributed by atoms with Gasteiger partial charge >= 0.3 is 0 Å². The largest absolute Gasteiger partial charge is 0.365 e. The molecule has 3 rings (SSSR count). The first-order chi connectivity index (χ1) is 13.9. The van der Waals surface area contributed by atoms with Gasteiger partial charge in [0.25, 0.3) is 11.6 Å². The van der Waals surface area contributed by atoms with Crippen molar-refractivity contribution in [2.24, 2.45) is 5.73 Å². The number of fused-ring (bicyclic) bond motifs is 1. The Kier molecular flexibility index (Phi) is 5.53. The number of non-ortho nitro benzene ring substituents is 1. The van der Waals surface area contributed by atoms with Crippen LogP contribution in [0.4, 0.5) is 10.7 Å². The van der Waals surface area contributed by atoms with E-state index in [4.69, 9.17) is 5.73 Å². The van der Waals surface area contributed by atoms with E-state index in [1.807, 2.05) is 13.8 Å². The van der Waals surface area contributed by atoms with E-state index in [0.29, 0.717) is 22.5 Å². The van der Waals surface area contributed by atoms with Gasteiger partial charge in [0.1, 0.15) is 5.00 Å². The molecule has 8 nitrogen and oxygen atoms in total. The number of nitro benzene ring substituents is 1. The fourth-order valence-corrected chi connectivity index (χ4v) is 5.23. The second kappa shape index (κ2) is 7.66. The third kappa shape index (κ3) is 4.42. The lowest BCUT2D eigenvalue weighted by Gasteiger charge is -2.42. The molecule has 0 unspecified atom stereocenters. The van der Waals surface area contributed by atoms with Crippen LogP contribution in [-0.2, 0) is 16.8 Å². The van der Waals surface area contributed by atoms with Gasteiger partial charge in [0, 0.05) is 34.2 Å². The number of nitrogens with two attached hydrogens (primary N) is 1. The summed E-state index contributed by atoms with van der Waals surface area (Å²) in [5.74, 6) is -1.04. The van der Waals surface area contributed by atoms with Crippen molar-refractivity contribution in [3.05, 3.63) is 62.0 Å². The number of carbonyl (C=O) groups excluding carboxylic acids is 2. The predicted octanol–water partition coefficient (Wildman–Crippen LogP) is 3.57. The number of carbonyl (C=O) groups is 2. The first kappa shape index (κ1) is 21.7. The van der Waals surface area contributed by atoms with E-state index in [1.54, 1.807) is 12.1 Å². The molecule has 2 heterocycles. The Morgan fingerprint density at radius 3 is 2.63 bits per heavy atom. The maximum Gasteiger partial charge on any atom is 0.270 e. The summed E-state index contributed by atoms with van der Waals surface area (Å²) in [6.07, 6.45) is 3.37. The Bertz CT molecular complexity index is 1070. The third-order valence-corrected chi connectivity index (χ3v) is 6.31. The summed E-state index contributed by atoms with van der Waals surface area (Å²) < 4.78 is 0. The van der Waals surface area contributed by atoms with Crippen LogP contribution in [0.3, 0.4) is 0 Å². The number of benzene rings is 1. The van der Waals surface area contributed by atoms with Crippen molar-refractivity contribution < 1.29 is 14.5 Å². The van der Waals surface area contributed by atoms with E-state index in [-0.39, 0.29) is 16.8 Å². The van der Waals surface area contributed by atoms with Crippen molar-refractivity contribution in [3.63, 3.8) is 0 Å². The zero-order valence-corrected chi connectivity index (χ0v) is 18.1. The molecule has 0 spiro atoms. The topological polar surface area (TPSA) is 127 Å². The molecular formula is C21H24N4O4S. The highest BCUT2D eigenvalue weighted by molar-refractivity contribution is 7.17. The monoisotopic (exact) mass is 428 g/mol. The summed E-state index contributed by atoms with van der Waals surface area (Å²) in [4.78, 5) is 36.1. The fraction of sp³-hybridized carbons (Fsp3) is 0.333. The Balaban J connectivity index is 1.89. The van der Waals surface area contributed by atoms with Gasteiger partial charge in [-0.25, -0.2) is 0 Å². The van der Waals surface area contributed by atoms with Crippen molar-refractivity contribution in [3.8, 4) is 0 Å².